The van der Waals surface area contributed by atoms with Crippen molar-refractivity contribution in [2.75, 3.05) is 29.7 Å². The lowest BCUT2D eigenvalue weighted by Gasteiger charge is -2.40. The molecule has 2 fully saturated rings. The fourth-order valence-corrected chi connectivity index (χ4v) is 5.70. The van der Waals surface area contributed by atoms with Crippen molar-refractivity contribution in [3.05, 3.63) is 48.7 Å². The number of pyridine rings is 1. The lowest BCUT2D eigenvalue weighted by molar-refractivity contribution is -0.123. The standard InChI is InChI=1S/C29H36N8O5S/c1-5-41-24-18-30-17-21(33-24)19-6-9-23(32-16-19)35-25(38)29(11-14-37(15-12-29)27(39)42-28(2,3)4)22-10-13-31-26(34-22)36-43(40)20-7-8-20/h6,9-10,13,16-18,20H,5,7-8,11-12,14-15H2,1-4H3,(H,31,34,36)(H,32,35,38). The van der Waals surface area contributed by atoms with Crippen molar-refractivity contribution < 1.29 is 23.3 Å². The molecular weight excluding hydrogens is 572 g/mol. The summed E-state index contributed by atoms with van der Waals surface area (Å²) in [6.07, 6.45) is 8.24. The summed E-state index contributed by atoms with van der Waals surface area (Å²) in [5.41, 5.74) is 0.0333. The predicted octanol–water partition coefficient (Wildman–Crippen LogP) is 3.87. The Kier molecular flexibility index (Phi) is 8.85. The van der Waals surface area contributed by atoms with E-state index in [1.807, 2.05) is 27.7 Å². The number of hydrogen-bond donors (Lipinski definition) is 2. The SMILES string of the molecule is CCOc1cncc(-c2ccc(NC(=O)C3(c4ccnc(NS(=O)C5CC5)n4)CCN(C(=O)OC(C)(C)C)CC3)nc2)n1. The van der Waals surface area contributed by atoms with Crippen LogP contribution in [0.5, 0.6) is 5.88 Å². The van der Waals surface area contributed by atoms with Gasteiger partial charge in [-0.2, -0.15) is 0 Å². The summed E-state index contributed by atoms with van der Waals surface area (Å²) >= 11 is 0. The average Bonchev–Trinajstić information content (AvgIpc) is 3.83. The minimum Gasteiger partial charge on any atom is -0.477 e. The van der Waals surface area contributed by atoms with Crippen molar-refractivity contribution in [1.82, 2.24) is 29.8 Å². The van der Waals surface area contributed by atoms with Crippen LogP contribution in [0.4, 0.5) is 16.6 Å². The van der Waals surface area contributed by atoms with Gasteiger partial charge in [-0.15, -0.1) is 0 Å². The number of hydrogen-bond acceptors (Lipinski definition) is 10. The highest BCUT2D eigenvalue weighted by Gasteiger charge is 2.46. The van der Waals surface area contributed by atoms with Crippen LogP contribution in [0.2, 0.25) is 0 Å². The van der Waals surface area contributed by atoms with Gasteiger partial charge in [-0.1, -0.05) is 0 Å². The largest absolute Gasteiger partial charge is 0.477 e. The molecule has 1 saturated carbocycles. The molecule has 3 aromatic heterocycles. The van der Waals surface area contributed by atoms with Crippen molar-refractivity contribution in [3.8, 4) is 17.1 Å². The Morgan fingerprint density at radius 3 is 2.49 bits per heavy atom. The van der Waals surface area contributed by atoms with E-state index >= 15 is 0 Å². The molecule has 2 aliphatic rings. The minimum atomic E-state index is -1.30. The molecule has 5 rings (SSSR count). The fourth-order valence-electron chi connectivity index (χ4n) is 4.69. The van der Waals surface area contributed by atoms with Crippen LogP contribution in [0.25, 0.3) is 11.3 Å². The number of amides is 2. The Morgan fingerprint density at radius 2 is 1.84 bits per heavy atom. The Hall–Kier alpha value is -4.20. The zero-order chi connectivity index (χ0) is 30.6. The normalized spacial score (nSPS) is 17.1. The third-order valence-electron chi connectivity index (χ3n) is 7.07. The molecule has 4 heterocycles. The highest BCUT2D eigenvalue weighted by atomic mass is 32.2. The zero-order valence-corrected chi connectivity index (χ0v) is 25.5. The van der Waals surface area contributed by atoms with Crippen LogP contribution in [-0.2, 0) is 25.9 Å². The van der Waals surface area contributed by atoms with E-state index in [0.717, 1.165) is 12.8 Å². The van der Waals surface area contributed by atoms with Gasteiger partial charge in [0.15, 0.2) is 0 Å². The number of nitrogens with one attached hydrogen (secondary N) is 2. The third kappa shape index (κ3) is 7.42. The number of nitrogens with zero attached hydrogens (tertiary/aromatic N) is 6. The van der Waals surface area contributed by atoms with Crippen LogP contribution in [0.3, 0.4) is 0 Å². The summed E-state index contributed by atoms with van der Waals surface area (Å²) < 4.78 is 26.4. The number of piperidine rings is 1. The number of carbonyl (C=O) groups excluding carboxylic acids is 2. The number of aromatic nitrogens is 5. The number of likely N-dealkylation sites (tertiary alicyclic amines) is 1. The van der Waals surface area contributed by atoms with Gasteiger partial charge < -0.3 is 19.7 Å². The molecule has 0 bridgehead atoms. The van der Waals surface area contributed by atoms with E-state index in [0.29, 0.717) is 35.3 Å². The summed E-state index contributed by atoms with van der Waals surface area (Å²) in [7, 11) is -1.30. The van der Waals surface area contributed by atoms with Crippen LogP contribution in [0, 0.1) is 0 Å². The third-order valence-corrected chi connectivity index (χ3v) is 8.53. The first-order valence-corrected chi connectivity index (χ1v) is 15.5. The molecule has 0 spiro atoms. The first-order valence-electron chi connectivity index (χ1n) is 14.3. The zero-order valence-electron chi connectivity index (χ0n) is 24.7. The summed E-state index contributed by atoms with van der Waals surface area (Å²) in [6.45, 7) is 8.35. The van der Waals surface area contributed by atoms with E-state index in [9.17, 15) is 13.8 Å². The molecule has 13 nitrogen and oxygen atoms in total. The highest BCUT2D eigenvalue weighted by molar-refractivity contribution is 7.87. The summed E-state index contributed by atoms with van der Waals surface area (Å²) in [6, 6.07) is 5.17. The van der Waals surface area contributed by atoms with Crippen molar-refractivity contribution in [3.63, 3.8) is 0 Å². The molecule has 1 unspecified atom stereocenters. The van der Waals surface area contributed by atoms with Gasteiger partial charge in [0, 0.05) is 31.0 Å². The smallest absolute Gasteiger partial charge is 0.410 e. The number of rotatable bonds is 9. The molecule has 228 valence electrons. The molecule has 1 aliphatic carbocycles. The maximum Gasteiger partial charge on any atom is 0.410 e. The lowest BCUT2D eigenvalue weighted by Crippen LogP contribution is -2.52. The van der Waals surface area contributed by atoms with Gasteiger partial charge in [-0.3, -0.25) is 14.5 Å². The molecule has 2 N–H and O–H groups in total. The topological polar surface area (TPSA) is 161 Å². The number of anilines is 2. The van der Waals surface area contributed by atoms with Crippen molar-refractivity contribution >= 4 is 34.8 Å². The quantitative estimate of drug-likeness (QED) is 0.365. The van der Waals surface area contributed by atoms with Crippen LogP contribution in [-0.4, -0.2) is 76.6 Å². The molecule has 43 heavy (non-hydrogen) atoms. The van der Waals surface area contributed by atoms with Gasteiger partial charge in [-0.05, 0) is 71.6 Å². The Labute approximate surface area is 252 Å². The monoisotopic (exact) mass is 608 g/mol. The molecule has 2 amide bonds. The second kappa shape index (κ2) is 12.6. The lowest BCUT2D eigenvalue weighted by atomic mass is 9.74. The summed E-state index contributed by atoms with van der Waals surface area (Å²) in [5.74, 6) is 0.639. The Bertz CT molecular complexity index is 1480. The number of carbonyl (C=O) groups is 2. The maximum atomic E-state index is 14.1. The average molecular weight is 609 g/mol. The van der Waals surface area contributed by atoms with Crippen LogP contribution < -0.4 is 14.8 Å². The van der Waals surface area contributed by atoms with Gasteiger partial charge >= 0.3 is 6.09 Å². The molecule has 1 saturated heterocycles. The molecule has 1 aliphatic heterocycles. The molecule has 0 radical (unpaired) electrons. The Morgan fingerprint density at radius 1 is 1.07 bits per heavy atom. The predicted molar refractivity (Wildman–Crippen MR) is 161 cm³/mol. The second-order valence-corrected chi connectivity index (χ2v) is 12.9. The molecule has 3 aromatic rings. The van der Waals surface area contributed by atoms with E-state index in [-0.39, 0.29) is 43.0 Å². The van der Waals surface area contributed by atoms with Crippen LogP contribution >= 0.6 is 0 Å². The van der Waals surface area contributed by atoms with E-state index in [2.05, 4.69) is 35.0 Å². The first kappa shape index (κ1) is 30.3. The van der Waals surface area contributed by atoms with Gasteiger partial charge in [0.2, 0.25) is 17.7 Å². The summed E-state index contributed by atoms with van der Waals surface area (Å²) in [4.78, 5) is 50.4. The number of ether oxygens (including phenoxy) is 2. The molecule has 1 atom stereocenters. The van der Waals surface area contributed by atoms with Gasteiger partial charge in [0.25, 0.3) is 0 Å². The molecule has 0 aromatic carbocycles. The summed E-state index contributed by atoms with van der Waals surface area (Å²) in [5, 5.41) is 3.03. The van der Waals surface area contributed by atoms with Gasteiger partial charge in [0.1, 0.15) is 22.4 Å². The van der Waals surface area contributed by atoms with Crippen molar-refractivity contribution in [2.24, 2.45) is 0 Å². The second-order valence-electron chi connectivity index (χ2n) is 11.5. The maximum absolute atomic E-state index is 14.1. The van der Waals surface area contributed by atoms with Crippen LogP contribution in [0.1, 0.15) is 59.1 Å². The molecular formula is C29H36N8O5S. The Balaban J connectivity index is 1.37. The van der Waals surface area contributed by atoms with E-state index in [1.54, 1.807) is 47.9 Å². The van der Waals surface area contributed by atoms with E-state index < -0.39 is 28.1 Å². The minimum absolute atomic E-state index is 0.0863. The van der Waals surface area contributed by atoms with Gasteiger partial charge in [0.05, 0.1) is 41.1 Å². The van der Waals surface area contributed by atoms with Crippen molar-refractivity contribution in [1.29, 1.82) is 0 Å². The van der Waals surface area contributed by atoms with Crippen molar-refractivity contribution in [2.45, 2.75) is 69.6 Å². The van der Waals surface area contributed by atoms with Gasteiger partial charge in [-0.25, -0.2) is 28.9 Å². The fraction of sp³-hybridized carbons (Fsp3) is 0.483. The van der Waals surface area contributed by atoms with E-state index in [4.69, 9.17) is 9.47 Å². The van der Waals surface area contributed by atoms with Crippen LogP contribution in [0.15, 0.2) is 43.0 Å². The van der Waals surface area contributed by atoms with E-state index in [1.165, 1.54) is 0 Å². The first-order chi connectivity index (χ1) is 20.6. The molecule has 14 heteroatoms. The highest BCUT2D eigenvalue weighted by Crippen LogP contribution is 2.37.